The molecule has 0 N–H and O–H groups in total. The lowest BCUT2D eigenvalue weighted by Crippen LogP contribution is -2.38. The van der Waals surface area contributed by atoms with E-state index < -0.39 is 10.8 Å². The van der Waals surface area contributed by atoms with Gasteiger partial charge in [-0.15, -0.1) is 0 Å². The Hall–Kier alpha value is -1.10. The first-order valence-corrected chi connectivity index (χ1v) is 7.74. The van der Waals surface area contributed by atoms with Gasteiger partial charge in [-0.25, -0.2) is 0 Å². The average Bonchev–Trinajstić information content (AvgIpc) is 2.70. The van der Waals surface area contributed by atoms with E-state index in [-0.39, 0.29) is 11.9 Å². The molecule has 0 aliphatic rings. The van der Waals surface area contributed by atoms with Crippen LogP contribution in [0.2, 0.25) is 0 Å². The predicted octanol–water partition coefficient (Wildman–Crippen LogP) is 1.75. The molecule has 0 aromatic carbocycles. The van der Waals surface area contributed by atoms with Gasteiger partial charge in [0, 0.05) is 48.7 Å². The van der Waals surface area contributed by atoms with Gasteiger partial charge in [-0.1, -0.05) is 0 Å². The maximum atomic E-state index is 11.9. The topological polar surface area (TPSA) is 50.5 Å². The largest absolute Gasteiger partial charge is 0.466 e. The number of carbonyl (C=O) groups excluding carboxylic acids is 1. The molecule has 0 radical (unpaired) electrons. The Morgan fingerprint density at radius 3 is 2.67 bits per heavy atom. The molecule has 0 aliphatic heterocycles. The van der Waals surface area contributed by atoms with Crippen LogP contribution in [0.4, 0.5) is 0 Å². The third-order valence-electron chi connectivity index (χ3n) is 2.91. The molecule has 0 saturated carbocycles. The molecule has 5 heteroatoms. The van der Waals surface area contributed by atoms with E-state index in [4.69, 9.17) is 4.42 Å². The monoisotopic (exact) mass is 271 g/mol. The van der Waals surface area contributed by atoms with E-state index in [1.165, 1.54) is 0 Å². The summed E-state index contributed by atoms with van der Waals surface area (Å²) in [4.78, 5) is 13.6. The summed E-state index contributed by atoms with van der Waals surface area (Å²) in [5.41, 5.74) is 0. The zero-order chi connectivity index (χ0) is 13.7. The lowest BCUT2D eigenvalue weighted by Gasteiger charge is -2.24. The SMILES string of the molecule is Cc1ccc(CCC(=O)N(C)[C@H](C)C[S@@](C)=O)o1. The number of aryl methyl sites for hydroxylation is 2. The number of hydrogen-bond acceptors (Lipinski definition) is 3. The fraction of sp³-hybridized carbons (Fsp3) is 0.615. The highest BCUT2D eigenvalue weighted by Crippen LogP contribution is 2.10. The maximum Gasteiger partial charge on any atom is 0.223 e. The summed E-state index contributed by atoms with van der Waals surface area (Å²) in [5, 5.41) is 0. The molecule has 0 spiro atoms. The van der Waals surface area contributed by atoms with E-state index in [0.29, 0.717) is 18.6 Å². The van der Waals surface area contributed by atoms with E-state index >= 15 is 0 Å². The second kappa shape index (κ2) is 6.73. The van der Waals surface area contributed by atoms with E-state index in [2.05, 4.69) is 0 Å². The molecule has 1 rings (SSSR count). The van der Waals surface area contributed by atoms with Crippen molar-refractivity contribution in [3.8, 4) is 0 Å². The first-order chi connectivity index (χ1) is 8.40. The summed E-state index contributed by atoms with van der Waals surface area (Å²) >= 11 is 0. The molecular weight excluding hydrogens is 250 g/mol. The molecule has 1 aromatic heterocycles. The summed E-state index contributed by atoms with van der Waals surface area (Å²) in [6.45, 7) is 3.80. The Bertz CT molecular complexity index is 428. The van der Waals surface area contributed by atoms with Crippen molar-refractivity contribution in [2.45, 2.75) is 32.7 Å². The summed E-state index contributed by atoms with van der Waals surface area (Å²) in [6.07, 6.45) is 2.68. The number of hydrogen-bond donors (Lipinski definition) is 0. The van der Waals surface area contributed by atoms with Gasteiger partial charge >= 0.3 is 0 Å². The minimum atomic E-state index is -0.882. The molecule has 1 amide bonds. The fourth-order valence-electron chi connectivity index (χ4n) is 1.72. The van der Waals surface area contributed by atoms with Crippen LogP contribution < -0.4 is 0 Å². The van der Waals surface area contributed by atoms with Gasteiger partial charge in [0.05, 0.1) is 0 Å². The molecular formula is C13H21NO3S. The van der Waals surface area contributed by atoms with Crippen LogP contribution >= 0.6 is 0 Å². The zero-order valence-corrected chi connectivity index (χ0v) is 12.3. The van der Waals surface area contributed by atoms with E-state index in [1.807, 2.05) is 26.0 Å². The van der Waals surface area contributed by atoms with Gasteiger partial charge in [0.25, 0.3) is 0 Å². The van der Waals surface area contributed by atoms with Crippen LogP contribution in [0.5, 0.6) is 0 Å². The lowest BCUT2D eigenvalue weighted by molar-refractivity contribution is -0.131. The highest BCUT2D eigenvalue weighted by molar-refractivity contribution is 7.84. The van der Waals surface area contributed by atoms with Crippen molar-refractivity contribution in [1.82, 2.24) is 4.90 Å². The molecule has 1 aromatic rings. The standard InChI is InChI=1S/C13H21NO3S/c1-10(9-18(4)16)14(3)13(15)8-7-12-6-5-11(2)17-12/h5-6,10H,7-9H2,1-4H3/t10-,18-/m1/s1. The van der Waals surface area contributed by atoms with E-state index in [1.54, 1.807) is 18.2 Å². The third kappa shape index (κ3) is 4.64. The van der Waals surface area contributed by atoms with Crippen molar-refractivity contribution in [2.75, 3.05) is 19.1 Å². The van der Waals surface area contributed by atoms with Gasteiger partial charge in [0.1, 0.15) is 11.5 Å². The molecule has 4 nitrogen and oxygen atoms in total. The van der Waals surface area contributed by atoms with Crippen LogP contribution in [0.3, 0.4) is 0 Å². The van der Waals surface area contributed by atoms with Crippen LogP contribution in [-0.4, -0.2) is 40.1 Å². The fourth-order valence-corrected chi connectivity index (χ4v) is 2.63. The van der Waals surface area contributed by atoms with Crippen molar-refractivity contribution < 1.29 is 13.4 Å². The molecule has 1 heterocycles. The van der Waals surface area contributed by atoms with Gasteiger partial charge in [0.2, 0.25) is 5.91 Å². The molecule has 18 heavy (non-hydrogen) atoms. The first kappa shape index (κ1) is 15.0. The van der Waals surface area contributed by atoms with Crippen molar-refractivity contribution in [3.63, 3.8) is 0 Å². The number of rotatable bonds is 6. The van der Waals surface area contributed by atoms with Crippen LogP contribution in [0.1, 0.15) is 24.9 Å². The van der Waals surface area contributed by atoms with Gasteiger partial charge in [-0.2, -0.15) is 0 Å². The molecule has 0 unspecified atom stereocenters. The Labute approximate surface area is 111 Å². The number of amides is 1. The van der Waals surface area contributed by atoms with Crippen molar-refractivity contribution >= 4 is 16.7 Å². The molecule has 0 fully saturated rings. The first-order valence-electron chi connectivity index (χ1n) is 6.01. The number of carbonyl (C=O) groups is 1. The predicted molar refractivity (Wildman–Crippen MR) is 72.9 cm³/mol. The van der Waals surface area contributed by atoms with Gasteiger partial charge < -0.3 is 9.32 Å². The van der Waals surface area contributed by atoms with Crippen LogP contribution in [0.25, 0.3) is 0 Å². The highest BCUT2D eigenvalue weighted by Gasteiger charge is 2.17. The Kier molecular flexibility index (Phi) is 5.59. The smallest absolute Gasteiger partial charge is 0.223 e. The summed E-state index contributed by atoms with van der Waals surface area (Å²) in [7, 11) is 0.875. The molecule has 2 atom stereocenters. The minimum absolute atomic E-state index is 0.00155. The Balaban J connectivity index is 2.42. The van der Waals surface area contributed by atoms with Gasteiger partial charge in [-0.3, -0.25) is 9.00 Å². The average molecular weight is 271 g/mol. The van der Waals surface area contributed by atoms with E-state index in [0.717, 1.165) is 11.5 Å². The third-order valence-corrected chi connectivity index (χ3v) is 3.86. The van der Waals surface area contributed by atoms with Crippen molar-refractivity contribution in [2.24, 2.45) is 0 Å². The minimum Gasteiger partial charge on any atom is -0.466 e. The van der Waals surface area contributed by atoms with Crippen LogP contribution in [0, 0.1) is 6.92 Å². The van der Waals surface area contributed by atoms with Crippen LogP contribution in [-0.2, 0) is 22.0 Å². The maximum absolute atomic E-state index is 11.9. The molecule has 102 valence electrons. The van der Waals surface area contributed by atoms with E-state index in [9.17, 15) is 9.00 Å². The van der Waals surface area contributed by atoms with Gasteiger partial charge in [0.15, 0.2) is 0 Å². The van der Waals surface area contributed by atoms with Crippen molar-refractivity contribution in [3.05, 3.63) is 23.7 Å². The summed E-state index contributed by atoms with van der Waals surface area (Å²) in [5.74, 6) is 2.27. The lowest BCUT2D eigenvalue weighted by atomic mass is 10.2. The van der Waals surface area contributed by atoms with Crippen LogP contribution in [0.15, 0.2) is 16.5 Å². The second-order valence-corrected chi connectivity index (χ2v) is 6.09. The molecule has 0 saturated heterocycles. The Morgan fingerprint density at radius 1 is 1.50 bits per heavy atom. The Morgan fingerprint density at radius 2 is 2.17 bits per heavy atom. The molecule has 0 aliphatic carbocycles. The quantitative estimate of drug-likeness (QED) is 0.792. The molecule has 0 bridgehead atoms. The number of nitrogens with zero attached hydrogens (tertiary/aromatic N) is 1. The summed E-state index contributed by atoms with van der Waals surface area (Å²) in [6, 6.07) is 3.79. The second-order valence-electron chi connectivity index (χ2n) is 4.61. The van der Waals surface area contributed by atoms with Crippen molar-refractivity contribution in [1.29, 1.82) is 0 Å². The number of furan rings is 1. The summed E-state index contributed by atoms with van der Waals surface area (Å²) < 4.78 is 16.5. The zero-order valence-electron chi connectivity index (χ0n) is 11.4. The normalized spacial score (nSPS) is 14.2. The highest BCUT2D eigenvalue weighted by atomic mass is 32.2. The van der Waals surface area contributed by atoms with Gasteiger partial charge in [-0.05, 0) is 26.0 Å².